The number of nitriles is 6. The highest BCUT2D eigenvalue weighted by Crippen LogP contribution is 2.26. The van der Waals surface area contributed by atoms with Gasteiger partial charge >= 0.3 is 0 Å². The Hall–Kier alpha value is -8.58. The summed E-state index contributed by atoms with van der Waals surface area (Å²) in [6.07, 6.45) is 0. The first-order valence-electron chi connectivity index (χ1n) is 13.9. The molecule has 4 heterocycles. The number of benzene rings is 3. The van der Waals surface area contributed by atoms with Crippen LogP contribution in [0.15, 0.2) is 83.8 Å². The van der Waals surface area contributed by atoms with Crippen molar-refractivity contribution in [2.75, 3.05) is 0 Å². The van der Waals surface area contributed by atoms with Gasteiger partial charge in [0.25, 0.3) is 0 Å². The van der Waals surface area contributed by atoms with Crippen LogP contribution in [0.4, 0.5) is 13.2 Å². The number of aromatic nitrogens is 3. The molecule has 0 bridgehead atoms. The molecule has 7 rings (SSSR count). The second-order valence-corrected chi connectivity index (χ2v) is 10.2. The lowest BCUT2D eigenvalue weighted by molar-refractivity contribution is 0.621. The van der Waals surface area contributed by atoms with Gasteiger partial charge in [0.15, 0.2) is 34.9 Å². The summed E-state index contributed by atoms with van der Waals surface area (Å²) in [4.78, 5) is 37.9. The number of fused-ring (bicyclic) bond motifs is 3. The minimum Gasteiger partial charge on any atom is -0.226 e. The number of rotatable bonds is 3. The number of allylic oxidation sites excluding steroid dienone is 3. The van der Waals surface area contributed by atoms with Crippen molar-refractivity contribution >= 4 is 16.7 Å². The summed E-state index contributed by atoms with van der Waals surface area (Å²) in [5.41, 5.74) is -2.29. The van der Waals surface area contributed by atoms with Crippen LogP contribution in [-0.2, 0) is 0 Å². The molecule has 15 nitrogen and oxygen atoms in total. The predicted molar refractivity (Wildman–Crippen MR) is 158 cm³/mol. The average Bonchev–Trinajstić information content (AvgIpc) is 3.84. The summed E-state index contributed by atoms with van der Waals surface area (Å²) < 4.78 is 43.0. The maximum atomic E-state index is 14.3. The van der Waals surface area contributed by atoms with Gasteiger partial charge < -0.3 is 0 Å². The molecule has 0 unspecified atom stereocenters. The maximum absolute atomic E-state index is 14.3. The normalized spacial score (nSPS) is 12.5. The monoisotopic (exact) mass is 669 g/mol. The van der Waals surface area contributed by atoms with E-state index in [-0.39, 0.29) is 66.3 Å². The Bertz CT molecular complexity index is 2790. The Morgan fingerprint density at radius 2 is 0.627 bits per heavy atom. The Labute approximate surface area is 280 Å². The lowest BCUT2D eigenvalue weighted by Crippen LogP contribution is -2.22. The molecule has 234 valence electrons. The molecule has 0 atom stereocenters. The SMILES string of the molecule is N#CC(=C1N=c2cc(F)c(C#N)cc2=N1)c1nc(C(C#N)=C2N=c3cc(F)c(C#N)cc3=N2)nc(C(C#N)=C2N=c3cc(F)c(C#N)cc3=N2)n1. The van der Waals surface area contributed by atoms with E-state index >= 15 is 0 Å². The van der Waals surface area contributed by atoms with Crippen molar-refractivity contribution in [3.05, 3.63) is 138 Å². The zero-order chi connectivity index (χ0) is 36.0. The van der Waals surface area contributed by atoms with Gasteiger partial charge in [-0.2, -0.15) is 31.6 Å². The van der Waals surface area contributed by atoms with Gasteiger partial charge in [-0.15, -0.1) is 0 Å². The zero-order valence-electron chi connectivity index (χ0n) is 24.8. The van der Waals surface area contributed by atoms with Crippen LogP contribution in [0.3, 0.4) is 0 Å². The van der Waals surface area contributed by atoms with Crippen molar-refractivity contribution in [2.24, 2.45) is 30.0 Å². The molecular formula is C33H6F3N15. The first kappa shape index (κ1) is 31.0. The van der Waals surface area contributed by atoms with Crippen molar-refractivity contribution in [1.82, 2.24) is 15.0 Å². The second-order valence-electron chi connectivity index (χ2n) is 10.2. The lowest BCUT2D eigenvalue weighted by Gasteiger charge is -2.07. The predicted octanol–water partition coefficient (Wildman–Crippen LogP) is 0.339. The van der Waals surface area contributed by atoms with E-state index in [1.54, 1.807) is 18.2 Å². The minimum atomic E-state index is -0.881. The molecule has 51 heavy (non-hydrogen) atoms. The molecule has 4 aromatic rings. The Morgan fingerprint density at radius 1 is 0.392 bits per heavy atom. The second kappa shape index (κ2) is 11.9. The number of halogens is 3. The van der Waals surface area contributed by atoms with E-state index in [9.17, 15) is 44.7 Å². The molecule has 1 aromatic heterocycles. The van der Waals surface area contributed by atoms with E-state index in [1.165, 1.54) is 0 Å². The zero-order valence-corrected chi connectivity index (χ0v) is 24.8. The van der Waals surface area contributed by atoms with Crippen molar-refractivity contribution in [3.8, 4) is 36.4 Å². The van der Waals surface area contributed by atoms with E-state index in [0.717, 1.165) is 36.4 Å². The summed E-state index contributed by atoms with van der Waals surface area (Å²) in [5.74, 6) is -5.05. The Kier molecular flexibility index (Phi) is 7.24. The molecule has 0 amide bonds. The molecule has 3 aliphatic heterocycles. The molecule has 18 heteroatoms. The fraction of sp³-hybridized carbons (Fsp3) is 0. The maximum Gasteiger partial charge on any atom is 0.178 e. The van der Waals surface area contributed by atoms with E-state index in [4.69, 9.17) is 0 Å². The molecule has 0 radical (unpaired) electrons. The molecular weight excluding hydrogens is 663 g/mol. The number of hydrogen-bond acceptors (Lipinski definition) is 15. The first-order chi connectivity index (χ1) is 24.7. The molecule has 0 saturated carbocycles. The number of hydrogen-bond donors (Lipinski definition) is 0. The van der Waals surface area contributed by atoms with Gasteiger partial charge in [0.1, 0.15) is 70.6 Å². The van der Waals surface area contributed by atoms with Gasteiger partial charge in [-0.3, -0.25) is 0 Å². The van der Waals surface area contributed by atoms with Gasteiger partial charge in [0, 0.05) is 18.2 Å². The van der Waals surface area contributed by atoms with Crippen molar-refractivity contribution < 1.29 is 13.2 Å². The third-order valence-corrected chi connectivity index (χ3v) is 7.22. The van der Waals surface area contributed by atoms with Gasteiger partial charge in [-0.05, 0) is 18.2 Å². The van der Waals surface area contributed by atoms with Crippen LogP contribution in [0.25, 0.3) is 16.7 Å². The van der Waals surface area contributed by atoms with Crippen molar-refractivity contribution in [1.29, 1.82) is 31.6 Å². The van der Waals surface area contributed by atoms with Crippen LogP contribution in [0.2, 0.25) is 0 Å². The van der Waals surface area contributed by atoms with E-state index in [2.05, 4.69) is 44.9 Å². The molecule has 0 N–H and O–H groups in total. The van der Waals surface area contributed by atoms with Gasteiger partial charge in [-0.1, -0.05) is 0 Å². The fourth-order valence-corrected chi connectivity index (χ4v) is 4.85. The molecule has 3 aromatic carbocycles. The number of nitrogens with zero attached hydrogens (tertiary/aromatic N) is 15. The van der Waals surface area contributed by atoms with E-state index in [1.807, 2.05) is 18.2 Å². The lowest BCUT2D eigenvalue weighted by atomic mass is 10.2. The highest BCUT2D eigenvalue weighted by molar-refractivity contribution is 5.82. The first-order valence-corrected chi connectivity index (χ1v) is 13.9. The summed E-state index contributed by atoms with van der Waals surface area (Å²) in [5, 5.41) is 58.5. The minimum absolute atomic E-state index is 0.0148. The topological polar surface area (TPSA) is 256 Å². The van der Waals surface area contributed by atoms with Gasteiger partial charge in [0.05, 0.1) is 48.8 Å². The summed E-state index contributed by atoms with van der Waals surface area (Å²) in [6, 6.07) is 16.8. The van der Waals surface area contributed by atoms with E-state index in [0.29, 0.717) is 0 Å². The average molecular weight is 670 g/mol. The highest BCUT2D eigenvalue weighted by atomic mass is 19.1. The van der Waals surface area contributed by atoms with Crippen molar-refractivity contribution in [2.45, 2.75) is 0 Å². The smallest absolute Gasteiger partial charge is 0.178 e. The van der Waals surface area contributed by atoms with Gasteiger partial charge in [0.2, 0.25) is 0 Å². The molecule has 0 aliphatic carbocycles. The largest absolute Gasteiger partial charge is 0.226 e. The third-order valence-electron chi connectivity index (χ3n) is 7.22. The van der Waals surface area contributed by atoms with Crippen LogP contribution in [0, 0.1) is 85.4 Å². The molecule has 3 aliphatic rings. The quantitative estimate of drug-likeness (QED) is 0.272. The van der Waals surface area contributed by atoms with E-state index < -0.39 is 51.6 Å². The Morgan fingerprint density at radius 3 is 0.843 bits per heavy atom. The molecule has 0 spiro atoms. The standard InChI is InChI=1S/C33H6F3N15/c34-19-4-25-22(1-13(19)7-37)43-28(46-25)16(10-40)31-49-32(17(11-41)29-44-23-2-14(8-38)20(35)5-26(23)47-29)51-33(50-31)18(12-42)30-45-24-3-15(9-39)21(36)6-27(24)48-30/h1-6H. The van der Waals surface area contributed by atoms with Crippen LogP contribution in [-0.4, -0.2) is 15.0 Å². The Balaban J connectivity index is 1.50. The summed E-state index contributed by atoms with van der Waals surface area (Å²) in [7, 11) is 0. The van der Waals surface area contributed by atoms with Crippen LogP contribution < -0.4 is 32.1 Å². The fourth-order valence-electron chi connectivity index (χ4n) is 4.85. The van der Waals surface area contributed by atoms with Crippen LogP contribution in [0.1, 0.15) is 34.2 Å². The third kappa shape index (κ3) is 5.18. The molecule has 0 saturated heterocycles. The van der Waals surface area contributed by atoms with Gasteiger partial charge in [-0.25, -0.2) is 58.1 Å². The van der Waals surface area contributed by atoms with Crippen LogP contribution >= 0.6 is 0 Å². The summed E-state index contributed by atoms with van der Waals surface area (Å²) in [6.45, 7) is 0. The molecule has 0 fully saturated rings. The summed E-state index contributed by atoms with van der Waals surface area (Å²) >= 11 is 0. The van der Waals surface area contributed by atoms with Crippen LogP contribution in [0.5, 0.6) is 0 Å². The highest BCUT2D eigenvalue weighted by Gasteiger charge is 2.25. The van der Waals surface area contributed by atoms with Crippen molar-refractivity contribution in [3.63, 3.8) is 0 Å².